The number of nitrogens with one attached hydrogen (secondary N) is 1. The SMILES string of the molecule is CCCC1CN(Cc2nnn(C)n2)C(C)CN1. The van der Waals surface area contributed by atoms with E-state index in [0.29, 0.717) is 12.1 Å². The molecule has 1 aliphatic heterocycles. The average Bonchev–Trinajstić information content (AvgIpc) is 2.69. The van der Waals surface area contributed by atoms with Crippen LogP contribution in [0.5, 0.6) is 0 Å². The Morgan fingerprint density at radius 3 is 2.94 bits per heavy atom. The molecule has 0 spiro atoms. The van der Waals surface area contributed by atoms with Crippen LogP contribution in [0, 0.1) is 0 Å². The summed E-state index contributed by atoms with van der Waals surface area (Å²) in [6.07, 6.45) is 2.46. The summed E-state index contributed by atoms with van der Waals surface area (Å²) in [5.74, 6) is 0.816. The van der Waals surface area contributed by atoms with Crippen molar-refractivity contribution < 1.29 is 0 Å². The standard InChI is InChI=1S/C11H22N6/c1-4-5-10-7-17(9(2)6-12-10)8-11-13-15-16(3)14-11/h9-10,12H,4-8H2,1-3H3. The number of rotatable bonds is 4. The molecule has 0 radical (unpaired) electrons. The van der Waals surface area contributed by atoms with E-state index in [9.17, 15) is 0 Å². The Morgan fingerprint density at radius 1 is 1.47 bits per heavy atom. The molecular weight excluding hydrogens is 216 g/mol. The van der Waals surface area contributed by atoms with Gasteiger partial charge in [-0.25, -0.2) is 0 Å². The van der Waals surface area contributed by atoms with Crippen LogP contribution in [0.3, 0.4) is 0 Å². The van der Waals surface area contributed by atoms with Crippen molar-refractivity contribution in [3.05, 3.63) is 5.82 Å². The second-order valence-electron chi connectivity index (χ2n) is 4.87. The summed E-state index contributed by atoms with van der Waals surface area (Å²) in [6, 6.07) is 1.14. The lowest BCUT2D eigenvalue weighted by molar-refractivity contribution is 0.126. The lowest BCUT2D eigenvalue weighted by Crippen LogP contribution is -2.54. The Kier molecular flexibility index (Phi) is 4.06. The Hall–Kier alpha value is -1.01. The van der Waals surface area contributed by atoms with E-state index >= 15 is 0 Å². The van der Waals surface area contributed by atoms with Crippen molar-refractivity contribution in [1.82, 2.24) is 30.4 Å². The summed E-state index contributed by atoms with van der Waals surface area (Å²) in [5.41, 5.74) is 0. The first-order chi connectivity index (χ1) is 8.19. The summed E-state index contributed by atoms with van der Waals surface area (Å²) < 4.78 is 0. The smallest absolute Gasteiger partial charge is 0.188 e. The number of tetrazole rings is 1. The quantitative estimate of drug-likeness (QED) is 0.810. The van der Waals surface area contributed by atoms with Gasteiger partial charge in [-0.15, -0.1) is 10.2 Å². The highest BCUT2D eigenvalue weighted by Gasteiger charge is 2.25. The second-order valence-corrected chi connectivity index (χ2v) is 4.87. The fourth-order valence-electron chi connectivity index (χ4n) is 2.32. The van der Waals surface area contributed by atoms with Crippen molar-refractivity contribution in [2.45, 2.75) is 45.3 Å². The van der Waals surface area contributed by atoms with Crippen LogP contribution < -0.4 is 5.32 Å². The third-order valence-corrected chi connectivity index (χ3v) is 3.31. The molecule has 96 valence electrons. The molecule has 0 saturated carbocycles. The molecule has 6 heteroatoms. The van der Waals surface area contributed by atoms with E-state index in [1.54, 1.807) is 7.05 Å². The van der Waals surface area contributed by atoms with E-state index in [4.69, 9.17) is 0 Å². The molecule has 0 aliphatic carbocycles. The summed E-state index contributed by atoms with van der Waals surface area (Å²) in [5, 5.41) is 15.8. The van der Waals surface area contributed by atoms with Gasteiger partial charge in [0, 0.05) is 25.2 Å². The van der Waals surface area contributed by atoms with Gasteiger partial charge in [0.2, 0.25) is 0 Å². The zero-order chi connectivity index (χ0) is 12.3. The minimum absolute atomic E-state index is 0.534. The van der Waals surface area contributed by atoms with Crippen molar-refractivity contribution >= 4 is 0 Å². The third kappa shape index (κ3) is 3.23. The molecule has 17 heavy (non-hydrogen) atoms. The van der Waals surface area contributed by atoms with Crippen LogP contribution in [0.15, 0.2) is 0 Å². The maximum absolute atomic E-state index is 4.24. The molecule has 6 nitrogen and oxygen atoms in total. The number of hydrogen-bond acceptors (Lipinski definition) is 5. The average molecular weight is 238 g/mol. The summed E-state index contributed by atoms with van der Waals surface area (Å²) in [7, 11) is 1.80. The van der Waals surface area contributed by atoms with Gasteiger partial charge < -0.3 is 5.32 Å². The Balaban J connectivity index is 1.93. The molecule has 0 amide bonds. The molecule has 0 aromatic carbocycles. The highest BCUT2D eigenvalue weighted by Crippen LogP contribution is 2.12. The predicted molar refractivity (Wildman–Crippen MR) is 65.4 cm³/mol. The van der Waals surface area contributed by atoms with Crippen LogP contribution in [0.2, 0.25) is 0 Å². The predicted octanol–water partition coefficient (Wildman–Crippen LogP) is 0.173. The van der Waals surface area contributed by atoms with Crippen molar-refractivity contribution in [3.8, 4) is 0 Å². The number of aromatic nitrogens is 4. The monoisotopic (exact) mass is 238 g/mol. The molecule has 2 heterocycles. The van der Waals surface area contributed by atoms with Crippen LogP contribution in [-0.2, 0) is 13.6 Å². The van der Waals surface area contributed by atoms with Crippen molar-refractivity contribution in [3.63, 3.8) is 0 Å². The largest absolute Gasteiger partial charge is 0.311 e. The van der Waals surface area contributed by atoms with Gasteiger partial charge in [-0.3, -0.25) is 4.90 Å². The van der Waals surface area contributed by atoms with Gasteiger partial charge in [0.05, 0.1) is 13.6 Å². The molecule has 1 aromatic rings. The first kappa shape index (κ1) is 12.4. The molecule has 1 saturated heterocycles. The molecule has 1 fully saturated rings. The normalized spacial score (nSPS) is 26.3. The summed E-state index contributed by atoms with van der Waals surface area (Å²) in [4.78, 5) is 3.96. The van der Waals surface area contributed by atoms with Crippen molar-refractivity contribution in [1.29, 1.82) is 0 Å². The zero-order valence-electron chi connectivity index (χ0n) is 10.9. The minimum atomic E-state index is 0.534. The minimum Gasteiger partial charge on any atom is -0.311 e. The van der Waals surface area contributed by atoms with E-state index in [-0.39, 0.29) is 0 Å². The molecule has 2 unspecified atom stereocenters. The van der Waals surface area contributed by atoms with Gasteiger partial charge in [-0.05, 0) is 18.6 Å². The van der Waals surface area contributed by atoms with Crippen molar-refractivity contribution in [2.24, 2.45) is 7.05 Å². The lowest BCUT2D eigenvalue weighted by atomic mass is 10.1. The molecule has 2 atom stereocenters. The van der Waals surface area contributed by atoms with E-state index in [2.05, 4.69) is 39.5 Å². The molecule has 0 bridgehead atoms. The molecule has 1 N–H and O–H groups in total. The van der Waals surface area contributed by atoms with Gasteiger partial charge >= 0.3 is 0 Å². The Labute approximate surface area is 102 Å². The number of hydrogen-bond donors (Lipinski definition) is 1. The van der Waals surface area contributed by atoms with Gasteiger partial charge in [0.15, 0.2) is 5.82 Å². The fourth-order valence-corrected chi connectivity index (χ4v) is 2.32. The lowest BCUT2D eigenvalue weighted by Gasteiger charge is -2.38. The van der Waals surface area contributed by atoms with Crippen molar-refractivity contribution in [2.75, 3.05) is 13.1 Å². The molecule has 1 aliphatic rings. The van der Waals surface area contributed by atoms with Crippen LogP contribution in [0.25, 0.3) is 0 Å². The van der Waals surface area contributed by atoms with Gasteiger partial charge in [-0.2, -0.15) is 4.80 Å². The fraction of sp³-hybridized carbons (Fsp3) is 0.909. The first-order valence-electron chi connectivity index (χ1n) is 6.39. The number of piperazine rings is 1. The number of aryl methyl sites for hydroxylation is 1. The summed E-state index contributed by atoms with van der Waals surface area (Å²) in [6.45, 7) is 7.40. The number of nitrogens with zero attached hydrogens (tertiary/aromatic N) is 5. The summed E-state index contributed by atoms with van der Waals surface area (Å²) >= 11 is 0. The third-order valence-electron chi connectivity index (χ3n) is 3.31. The van der Waals surface area contributed by atoms with E-state index in [1.807, 2.05) is 0 Å². The van der Waals surface area contributed by atoms with Crippen LogP contribution in [0.4, 0.5) is 0 Å². The van der Waals surface area contributed by atoms with Gasteiger partial charge in [0.25, 0.3) is 0 Å². The molecule has 2 rings (SSSR count). The Morgan fingerprint density at radius 2 is 2.29 bits per heavy atom. The Bertz CT molecular complexity index is 349. The van der Waals surface area contributed by atoms with E-state index < -0.39 is 0 Å². The van der Waals surface area contributed by atoms with Crippen LogP contribution >= 0.6 is 0 Å². The van der Waals surface area contributed by atoms with E-state index in [0.717, 1.165) is 25.5 Å². The van der Waals surface area contributed by atoms with E-state index in [1.165, 1.54) is 17.6 Å². The highest BCUT2D eigenvalue weighted by atomic mass is 15.6. The first-order valence-corrected chi connectivity index (χ1v) is 6.39. The molecular formula is C11H22N6. The maximum atomic E-state index is 4.24. The van der Waals surface area contributed by atoms with Gasteiger partial charge in [-0.1, -0.05) is 13.3 Å². The highest BCUT2D eigenvalue weighted by molar-refractivity contribution is 4.87. The van der Waals surface area contributed by atoms with Crippen LogP contribution in [0.1, 0.15) is 32.5 Å². The second kappa shape index (κ2) is 5.55. The zero-order valence-corrected chi connectivity index (χ0v) is 10.9. The molecule has 1 aromatic heterocycles. The van der Waals surface area contributed by atoms with Crippen LogP contribution in [-0.4, -0.2) is 50.3 Å². The maximum Gasteiger partial charge on any atom is 0.188 e. The topological polar surface area (TPSA) is 58.9 Å². The van der Waals surface area contributed by atoms with Gasteiger partial charge in [0.1, 0.15) is 0 Å².